The molecule has 0 bridgehead atoms. The summed E-state index contributed by atoms with van der Waals surface area (Å²) in [5.74, 6) is 1.70. The van der Waals surface area contributed by atoms with Gasteiger partial charge < -0.3 is 15.5 Å². The molecule has 5 nitrogen and oxygen atoms in total. The number of hydrogen-bond acceptors (Lipinski definition) is 5. The van der Waals surface area contributed by atoms with Crippen molar-refractivity contribution in [3.05, 3.63) is 42.1 Å². The molecular weight excluding hydrogens is 274 g/mol. The van der Waals surface area contributed by atoms with E-state index in [1.807, 2.05) is 30.3 Å². The molecule has 0 aliphatic carbocycles. The molecule has 1 aliphatic heterocycles. The molecule has 2 N–H and O–H groups in total. The van der Waals surface area contributed by atoms with Gasteiger partial charge in [-0.05, 0) is 31.5 Å². The van der Waals surface area contributed by atoms with Crippen molar-refractivity contribution in [1.29, 1.82) is 0 Å². The highest BCUT2D eigenvalue weighted by Crippen LogP contribution is 2.19. The van der Waals surface area contributed by atoms with Crippen molar-refractivity contribution in [3.63, 3.8) is 0 Å². The Morgan fingerprint density at radius 3 is 2.82 bits per heavy atom. The zero-order valence-electron chi connectivity index (χ0n) is 13.0. The average molecular weight is 297 g/mol. The van der Waals surface area contributed by atoms with Gasteiger partial charge in [-0.25, -0.2) is 4.98 Å². The minimum atomic E-state index is 0.678. The zero-order chi connectivity index (χ0) is 15.2. The minimum Gasteiger partial charge on any atom is -0.355 e. The van der Waals surface area contributed by atoms with Crippen molar-refractivity contribution in [2.45, 2.75) is 19.8 Å². The van der Waals surface area contributed by atoms with Crippen LogP contribution in [0.15, 0.2) is 36.4 Å². The Balaban J connectivity index is 1.85. The lowest BCUT2D eigenvalue weighted by Gasteiger charge is -2.22. The second kappa shape index (κ2) is 7.22. The smallest absolute Gasteiger partial charge is 0.229 e. The number of nitrogens with one attached hydrogen (secondary N) is 2. The van der Waals surface area contributed by atoms with E-state index >= 15 is 0 Å². The SMILES string of the molecule is CCc1cc(N2CCCNCC2)nc(Nc2ccccc2)n1. The van der Waals surface area contributed by atoms with Crippen molar-refractivity contribution in [3.8, 4) is 0 Å². The van der Waals surface area contributed by atoms with Crippen LogP contribution in [0.3, 0.4) is 0 Å². The molecule has 1 aliphatic rings. The molecule has 22 heavy (non-hydrogen) atoms. The summed E-state index contributed by atoms with van der Waals surface area (Å²) in [5, 5.41) is 6.74. The number of benzene rings is 1. The van der Waals surface area contributed by atoms with E-state index in [1.54, 1.807) is 0 Å². The zero-order valence-corrected chi connectivity index (χ0v) is 13.0. The summed E-state index contributed by atoms with van der Waals surface area (Å²) in [5.41, 5.74) is 2.08. The number of nitrogens with zero attached hydrogens (tertiary/aromatic N) is 3. The highest BCUT2D eigenvalue weighted by Gasteiger charge is 2.13. The van der Waals surface area contributed by atoms with Crippen LogP contribution in [0.2, 0.25) is 0 Å². The third-order valence-corrected chi connectivity index (χ3v) is 3.82. The van der Waals surface area contributed by atoms with Crippen LogP contribution in [-0.2, 0) is 6.42 Å². The molecule has 2 heterocycles. The summed E-state index contributed by atoms with van der Waals surface area (Å²) in [6, 6.07) is 12.2. The number of aromatic nitrogens is 2. The largest absolute Gasteiger partial charge is 0.355 e. The van der Waals surface area contributed by atoms with Crippen LogP contribution in [0.25, 0.3) is 0 Å². The third-order valence-electron chi connectivity index (χ3n) is 3.82. The molecule has 5 heteroatoms. The van der Waals surface area contributed by atoms with E-state index in [2.05, 4.69) is 33.5 Å². The predicted octanol–water partition coefficient (Wildman–Crippen LogP) is 2.58. The fraction of sp³-hybridized carbons (Fsp3) is 0.412. The molecule has 1 aromatic heterocycles. The first-order chi connectivity index (χ1) is 10.8. The van der Waals surface area contributed by atoms with E-state index in [0.717, 1.165) is 56.2 Å². The molecule has 2 aromatic rings. The van der Waals surface area contributed by atoms with E-state index in [1.165, 1.54) is 0 Å². The lowest BCUT2D eigenvalue weighted by Crippen LogP contribution is -2.29. The second-order valence-electron chi connectivity index (χ2n) is 5.48. The Bertz CT molecular complexity index is 591. The van der Waals surface area contributed by atoms with Gasteiger partial charge >= 0.3 is 0 Å². The predicted molar refractivity (Wildman–Crippen MR) is 90.8 cm³/mol. The summed E-state index contributed by atoms with van der Waals surface area (Å²) in [6.45, 7) is 6.25. The highest BCUT2D eigenvalue weighted by molar-refractivity contribution is 5.55. The van der Waals surface area contributed by atoms with Gasteiger partial charge in [-0.2, -0.15) is 4.98 Å². The Morgan fingerprint density at radius 2 is 2.00 bits per heavy atom. The monoisotopic (exact) mass is 297 g/mol. The van der Waals surface area contributed by atoms with Crippen LogP contribution in [-0.4, -0.2) is 36.1 Å². The summed E-state index contributed by atoms with van der Waals surface area (Å²) < 4.78 is 0. The number of hydrogen-bond donors (Lipinski definition) is 2. The number of anilines is 3. The Hall–Kier alpha value is -2.14. The maximum absolute atomic E-state index is 4.72. The van der Waals surface area contributed by atoms with E-state index in [-0.39, 0.29) is 0 Å². The highest BCUT2D eigenvalue weighted by atomic mass is 15.2. The molecule has 1 aromatic carbocycles. The van der Waals surface area contributed by atoms with Crippen molar-refractivity contribution in [1.82, 2.24) is 15.3 Å². The van der Waals surface area contributed by atoms with Crippen LogP contribution in [0, 0.1) is 0 Å². The molecule has 1 saturated heterocycles. The van der Waals surface area contributed by atoms with Gasteiger partial charge in [-0.3, -0.25) is 0 Å². The molecule has 3 rings (SSSR count). The standard InChI is InChI=1S/C17H23N5/c1-2-14-13-16(22-11-6-9-18-10-12-22)21-17(19-14)20-15-7-4-3-5-8-15/h3-5,7-8,13,18H,2,6,9-12H2,1H3,(H,19,20,21). The van der Waals surface area contributed by atoms with E-state index in [4.69, 9.17) is 4.98 Å². The first-order valence-corrected chi connectivity index (χ1v) is 8.01. The average Bonchev–Trinajstić information content (AvgIpc) is 2.85. The maximum atomic E-state index is 4.72. The first-order valence-electron chi connectivity index (χ1n) is 8.01. The second-order valence-corrected chi connectivity index (χ2v) is 5.48. The Labute approximate surface area is 131 Å². The molecule has 0 radical (unpaired) electrons. The normalized spacial score (nSPS) is 15.4. The molecule has 0 saturated carbocycles. The molecular formula is C17H23N5. The first kappa shape index (κ1) is 14.8. The summed E-state index contributed by atoms with van der Waals surface area (Å²) in [6.07, 6.45) is 2.05. The van der Waals surface area contributed by atoms with Gasteiger partial charge in [0.05, 0.1) is 0 Å². The summed E-state index contributed by atoms with van der Waals surface area (Å²) >= 11 is 0. The fourth-order valence-corrected chi connectivity index (χ4v) is 2.61. The fourth-order valence-electron chi connectivity index (χ4n) is 2.61. The van der Waals surface area contributed by atoms with Gasteiger partial charge in [0.2, 0.25) is 5.95 Å². The van der Waals surface area contributed by atoms with Gasteiger partial charge in [0.25, 0.3) is 0 Å². The van der Waals surface area contributed by atoms with Crippen LogP contribution >= 0.6 is 0 Å². The summed E-state index contributed by atoms with van der Waals surface area (Å²) in [4.78, 5) is 11.7. The van der Waals surface area contributed by atoms with Crippen LogP contribution in [0.4, 0.5) is 17.5 Å². The topological polar surface area (TPSA) is 53.1 Å². The lowest BCUT2D eigenvalue weighted by molar-refractivity contribution is 0.724. The van der Waals surface area contributed by atoms with Crippen LogP contribution < -0.4 is 15.5 Å². The van der Waals surface area contributed by atoms with Crippen LogP contribution in [0.5, 0.6) is 0 Å². The lowest BCUT2D eigenvalue weighted by atomic mass is 10.3. The van der Waals surface area contributed by atoms with Gasteiger partial charge in [-0.1, -0.05) is 25.1 Å². The van der Waals surface area contributed by atoms with Gasteiger partial charge in [0.1, 0.15) is 5.82 Å². The van der Waals surface area contributed by atoms with Gasteiger partial charge in [0.15, 0.2) is 0 Å². The van der Waals surface area contributed by atoms with Crippen molar-refractivity contribution in [2.24, 2.45) is 0 Å². The molecule has 1 fully saturated rings. The van der Waals surface area contributed by atoms with Gasteiger partial charge in [-0.15, -0.1) is 0 Å². The van der Waals surface area contributed by atoms with Crippen LogP contribution in [0.1, 0.15) is 19.0 Å². The Morgan fingerprint density at radius 1 is 1.14 bits per heavy atom. The number of aryl methyl sites for hydroxylation is 1. The number of para-hydroxylation sites is 1. The van der Waals surface area contributed by atoms with Crippen molar-refractivity contribution < 1.29 is 0 Å². The van der Waals surface area contributed by atoms with E-state index in [9.17, 15) is 0 Å². The van der Waals surface area contributed by atoms with Crippen molar-refractivity contribution in [2.75, 3.05) is 36.4 Å². The minimum absolute atomic E-state index is 0.678. The molecule has 0 atom stereocenters. The molecule has 0 amide bonds. The maximum Gasteiger partial charge on any atom is 0.229 e. The third kappa shape index (κ3) is 3.74. The molecule has 0 spiro atoms. The molecule has 0 unspecified atom stereocenters. The molecule has 116 valence electrons. The van der Waals surface area contributed by atoms with Gasteiger partial charge in [0, 0.05) is 37.1 Å². The Kier molecular flexibility index (Phi) is 4.85. The van der Waals surface area contributed by atoms with E-state index < -0.39 is 0 Å². The van der Waals surface area contributed by atoms with E-state index in [0.29, 0.717) is 5.95 Å². The summed E-state index contributed by atoms with van der Waals surface area (Å²) in [7, 11) is 0. The van der Waals surface area contributed by atoms with Crippen molar-refractivity contribution >= 4 is 17.5 Å². The number of rotatable bonds is 4. The quantitative estimate of drug-likeness (QED) is 0.908.